The average molecular weight is 285 g/mol. The number of rotatable bonds is 3. The number of carboxylic acids is 1. The third-order valence-electron chi connectivity index (χ3n) is 3.50. The third-order valence-corrected chi connectivity index (χ3v) is 3.50. The van der Waals surface area contributed by atoms with E-state index in [0.717, 1.165) is 0 Å². The zero-order valence-electron chi connectivity index (χ0n) is 12.2. The minimum atomic E-state index is -1.06. The van der Waals surface area contributed by atoms with Crippen LogP contribution in [0.15, 0.2) is 0 Å². The molecule has 1 heterocycles. The van der Waals surface area contributed by atoms with E-state index >= 15 is 0 Å². The van der Waals surface area contributed by atoms with Crippen molar-refractivity contribution in [2.24, 2.45) is 17.1 Å². The molecule has 0 aliphatic carbocycles. The molecule has 1 saturated heterocycles. The second kappa shape index (κ2) is 6.11. The van der Waals surface area contributed by atoms with Crippen molar-refractivity contribution < 1.29 is 19.5 Å². The molecule has 7 heteroatoms. The molecule has 0 radical (unpaired) electrons. The first-order valence-corrected chi connectivity index (χ1v) is 6.70. The second-order valence-corrected chi connectivity index (χ2v) is 6.27. The van der Waals surface area contributed by atoms with Crippen molar-refractivity contribution >= 4 is 17.9 Å². The Bertz CT molecular complexity index is 403. The minimum absolute atomic E-state index is 0.248. The molecule has 7 nitrogen and oxygen atoms in total. The Morgan fingerprint density at radius 1 is 1.35 bits per heavy atom. The highest BCUT2D eigenvalue weighted by Crippen LogP contribution is 2.22. The van der Waals surface area contributed by atoms with Crippen LogP contribution in [0.4, 0.5) is 4.79 Å². The normalized spacial score (nSPS) is 21.1. The number of carbonyl (C=O) groups is 3. The number of aliphatic carboxylic acids is 1. The van der Waals surface area contributed by atoms with Crippen LogP contribution in [-0.4, -0.2) is 47.0 Å². The fraction of sp³-hybridized carbons (Fsp3) is 0.769. The third kappa shape index (κ3) is 4.11. The topological polar surface area (TPSA) is 113 Å². The van der Waals surface area contributed by atoms with Crippen molar-refractivity contribution in [1.29, 1.82) is 0 Å². The molecule has 0 aromatic carbocycles. The Labute approximate surface area is 118 Å². The monoisotopic (exact) mass is 285 g/mol. The zero-order valence-corrected chi connectivity index (χ0v) is 12.2. The van der Waals surface area contributed by atoms with Crippen molar-refractivity contribution in [1.82, 2.24) is 10.2 Å². The van der Waals surface area contributed by atoms with Crippen molar-refractivity contribution in [2.45, 2.75) is 39.7 Å². The lowest BCUT2D eigenvalue weighted by Crippen LogP contribution is -2.53. The lowest BCUT2D eigenvalue weighted by atomic mass is 9.86. The summed E-state index contributed by atoms with van der Waals surface area (Å²) in [6, 6.07) is -1.51. The van der Waals surface area contributed by atoms with Gasteiger partial charge in [0.25, 0.3) is 0 Å². The Morgan fingerprint density at radius 3 is 2.40 bits per heavy atom. The summed E-state index contributed by atoms with van der Waals surface area (Å²) >= 11 is 0. The molecule has 1 unspecified atom stereocenters. The van der Waals surface area contributed by atoms with E-state index in [0.29, 0.717) is 19.4 Å². The van der Waals surface area contributed by atoms with Gasteiger partial charge in [0.1, 0.15) is 6.04 Å². The number of carbonyl (C=O) groups excluding carboxylic acids is 2. The summed E-state index contributed by atoms with van der Waals surface area (Å²) in [5.41, 5.74) is 4.63. The van der Waals surface area contributed by atoms with Crippen LogP contribution in [0, 0.1) is 11.3 Å². The molecule has 3 amide bonds. The first kappa shape index (κ1) is 16.3. The van der Waals surface area contributed by atoms with E-state index in [-0.39, 0.29) is 12.5 Å². The van der Waals surface area contributed by atoms with Gasteiger partial charge in [-0.1, -0.05) is 20.8 Å². The predicted molar refractivity (Wildman–Crippen MR) is 72.9 cm³/mol. The molecule has 1 fully saturated rings. The average Bonchev–Trinajstić information content (AvgIpc) is 2.33. The van der Waals surface area contributed by atoms with E-state index < -0.39 is 29.4 Å². The molecule has 0 spiro atoms. The number of piperidine rings is 1. The van der Waals surface area contributed by atoms with Crippen LogP contribution in [0.1, 0.15) is 33.6 Å². The van der Waals surface area contributed by atoms with Crippen LogP contribution >= 0.6 is 0 Å². The van der Waals surface area contributed by atoms with Crippen molar-refractivity contribution in [3.05, 3.63) is 0 Å². The van der Waals surface area contributed by atoms with E-state index in [1.165, 1.54) is 4.90 Å². The summed E-state index contributed by atoms with van der Waals surface area (Å²) in [5, 5.41) is 11.8. The maximum absolute atomic E-state index is 12.2. The number of nitrogens with one attached hydrogen (secondary N) is 1. The van der Waals surface area contributed by atoms with Gasteiger partial charge in [0.2, 0.25) is 5.91 Å². The van der Waals surface area contributed by atoms with Gasteiger partial charge in [0.05, 0.1) is 5.92 Å². The molecule has 0 saturated carbocycles. The number of carboxylic acid groups (broad SMARTS) is 1. The summed E-state index contributed by atoms with van der Waals surface area (Å²) in [6.07, 6.45) is 1.32. The van der Waals surface area contributed by atoms with Gasteiger partial charge in [-0.15, -0.1) is 0 Å². The summed E-state index contributed by atoms with van der Waals surface area (Å²) < 4.78 is 0. The van der Waals surface area contributed by atoms with Crippen molar-refractivity contribution in [3.63, 3.8) is 0 Å². The molecule has 1 aliphatic heterocycles. The zero-order chi connectivity index (χ0) is 15.5. The van der Waals surface area contributed by atoms with Crippen molar-refractivity contribution in [2.75, 3.05) is 13.1 Å². The number of hydrogen-bond donors (Lipinski definition) is 3. The van der Waals surface area contributed by atoms with E-state index in [1.807, 2.05) is 0 Å². The van der Waals surface area contributed by atoms with Gasteiger partial charge in [-0.05, 0) is 18.3 Å². The molecule has 0 bridgehead atoms. The first-order chi connectivity index (χ1) is 9.12. The number of likely N-dealkylation sites (tertiary alicyclic amines) is 1. The van der Waals surface area contributed by atoms with Crippen LogP contribution in [0.3, 0.4) is 0 Å². The number of nitrogens with zero attached hydrogens (tertiary/aromatic N) is 1. The Morgan fingerprint density at radius 2 is 1.95 bits per heavy atom. The van der Waals surface area contributed by atoms with Gasteiger partial charge in [0.15, 0.2) is 0 Å². The fourth-order valence-corrected chi connectivity index (χ4v) is 2.30. The number of amides is 3. The molecule has 1 rings (SSSR count). The fourth-order valence-electron chi connectivity index (χ4n) is 2.30. The number of nitrogens with two attached hydrogens (primary N) is 1. The Kier molecular flexibility index (Phi) is 4.97. The van der Waals surface area contributed by atoms with E-state index in [9.17, 15) is 19.5 Å². The summed E-state index contributed by atoms with van der Waals surface area (Å²) in [5.74, 6) is -1.80. The van der Waals surface area contributed by atoms with Gasteiger partial charge in [-0.2, -0.15) is 0 Å². The Balaban J connectivity index is 2.70. The predicted octanol–water partition coefficient (Wildman–Crippen LogP) is 0.393. The first-order valence-electron chi connectivity index (χ1n) is 6.70. The number of urea groups is 1. The summed E-state index contributed by atoms with van der Waals surface area (Å²) in [7, 11) is 0. The van der Waals surface area contributed by atoms with Gasteiger partial charge < -0.3 is 21.1 Å². The highest BCUT2D eigenvalue weighted by molar-refractivity contribution is 5.86. The highest BCUT2D eigenvalue weighted by Gasteiger charge is 2.35. The molecular weight excluding hydrogens is 262 g/mol. The van der Waals surface area contributed by atoms with Gasteiger partial charge in [-0.3, -0.25) is 4.79 Å². The maximum Gasteiger partial charge on any atom is 0.326 e. The van der Waals surface area contributed by atoms with E-state index in [1.54, 1.807) is 20.8 Å². The second-order valence-electron chi connectivity index (χ2n) is 6.27. The largest absolute Gasteiger partial charge is 0.480 e. The van der Waals surface area contributed by atoms with Crippen LogP contribution < -0.4 is 11.1 Å². The molecule has 114 valence electrons. The number of primary amides is 1. The summed E-state index contributed by atoms with van der Waals surface area (Å²) in [6.45, 7) is 6.05. The van der Waals surface area contributed by atoms with Gasteiger partial charge in [0, 0.05) is 13.1 Å². The Hall–Kier alpha value is -1.79. The van der Waals surface area contributed by atoms with Crippen LogP contribution in [0.5, 0.6) is 0 Å². The van der Waals surface area contributed by atoms with Gasteiger partial charge >= 0.3 is 12.0 Å². The molecule has 1 aliphatic rings. The van der Waals surface area contributed by atoms with Crippen LogP contribution in [-0.2, 0) is 9.59 Å². The SMILES string of the molecule is CC(C)(C)[C@@H](NC(=O)C1CCCN(C(N)=O)C1)C(=O)O. The minimum Gasteiger partial charge on any atom is -0.480 e. The molecular formula is C13H23N3O4. The molecule has 0 aromatic heterocycles. The smallest absolute Gasteiger partial charge is 0.326 e. The lowest BCUT2D eigenvalue weighted by Gasteiger charge is -2.33. The number of hydrogen-bond acceptors (Lipinski definition) is 3. The molecule has 2 atom stereocenters. The maximum atomic E-state index is 12.2. The van der Waals surface area contributed by atoms with Crippen LogP contribution in [0.2, 0.25) is 0 Å². The summed E-state index contributed by atoms with van der Waals surface area (Å²) in [4.78, 5) is 36.0. The van der Waals surface area contributed by atoms with Gasteiger partial charge in [-0.25, -0.2) is 9.59 Å². The highest BCUT2D eigenvalue weighted by atomic mass is 16.4. The molecule has 20 heavy (non-hydrogen) atoms. The van der Waals surface area contributed by atoms with E-state index in [4.69, 9.17) is 5.73 Å². The molecule has 4 N–H and O–H groups in total. The van der Waals surface area contributed by atoms with Crippen molar-refractivity contribution in [3.8, 4) is 0 Å². The van der Waals surface area contributed by atoms with Crippen LogP contribution in [0.25, 0.3) is 0 Å². The van der Waals surface area contributed by atoms with E-state index in [2.05, 4.69) is 5.32 Å². The standard InChI is InChI=1S/C13H23N3O4/c1-13(2,3)9(11(18)19)15-10(17)8-5-4-6-16(7-8)12(14)20/h8-9H,4-7H2,1-3H3,(H2,14,20)(H,15,17)(H,18,19)/t8?,9-/m0/s1. The molecule has 0 aromatic rings. The quantitative estimate of drug-likeness (QED) is 0.696. The lowest BCUT2D eigenvalue weighted by molar-refractivity contribution is -0.145.